The maximum Gasteiger partial charge on any atom is 0.220 e. The van der Waals surface area contributed by atoms with Gasteiger partial charge >= 0.3 is 0 Å². The van der Waals surface area contributed by atoms with E-state index in [2.05, 4.69) is 33.0 Å². The zero-order valence-corrected chi connectivity index (χ0v) is 11.0. The normalized spacial score (nSPS) is 21.1. The molecule has 0 spiro atoms. The number of carbonyl (C=O) groups excluding carboxylic acids is 1. The molecule has 0 bridgehead atoms. The molecule has 1 saturated carbocycles. The number of rotatable bonds is 4. The van der Waals surface area contributed by atoms with Crippen LogP contribution < -0.4 is 5.32 Å². The van der Waals surface area contributed by atoms with Crippen molar-refractivity contribution in [1.82, 2.24) is 5.32 Å². The fraction of sp³-hybridized carbons (Fsp3) is 0.923. The lowest BCUT2D eigenvalue weighted by atomic mass is 9.79. The lowest BCUT2D eigenvalue weighted by Crippen LogP contribution is -2.48. The number of hydrogen-bond acceptors (Lipinski definition) is 2. The summed E-state index contributed by atoms with van der Waals surface area (Å²) in [7, 11) is 0. The molecular weight excluding hydrogens is 202 g/mol. The largest absolute Gasteiger partial charge is 0.388 e. The second-order valence-electron chi connectivity index (χ2n) is 6.33. The molecule has 0 aliphatic heterocycles. The van der Waals surface area contributed by atoms with Gasteiger partial charge < -0.3 is 10.4 Å². The zero-order valence-electron chi connectivity index (χ0n) is 11.0. The van der Waals surface area contributed by atoms with Gasteiger partial charge in [-0.25, -0.2) is 0 Å². The Morgan fingerprint density at radius 3 is 2.38 bits per heavy atom. The van der Waals surface area contributed by atoms with E-state index in [4.69, 9.17) is 0 Å². The van der Waals surface area contributed by atoms with Crippen molar-refractivity contribution in [3.05, 3.63) is 0 Å². The molecule has 1 fully saturated rings. The molecule has 1 aliphatic carbocycles. The second-order valence-corrected chi connectivity index (χ2v) is 6.33. The van der Waals surface area contributed by atoms with Crippen molar-refractivity contribution in [3.8, 4) is 0 Å². The quantitative estimate of drug-likeness (QED) is 0.772. The molecular formula is C13H25NO2. The average molecular weight is 227 g/mol. The minimum atomic E-state index is -0.610. The van der Waals surface area contributed by atoms with Gasteiger partial charge in [-0.2, -0.15) is 0 Å². The lowest BCUT2D eigenvalue weighted by molar-refractivity contribution is -0.125. The first-order valence-electron chi connectivity index (χ1n) is 6.22. The van der Waals surface area contributed by atoms with Crippen LogP contribution in [0.2, 0.25) is 0 Å². The molecule has 0 aromatic rings. The van der Waals surface area contributed by atoms with Crippen molar-refractivity contribution in [2.24, 2.45) is 11.3 Å². The van der Waals surface area contributed by atoms with Gasteiger partial charge in [0.1, 0.15) is 0 Å². The Bertz CT molecular complexity index is 251. The summed E-state index contributed by atoms with van der Waals surface area (Å²) in [5.74, 6) is 0.409. The van der Waals surface area contributed by atoms with Gasteiger partial charge in [-0.15, -0.1) is 0 Å². The van der Waals surface area contributed by atoms with Gasteiger partial charge in [0.25, 0.3) is 0 Å². The molecule has 1 aliphatic rings. The second kappa shape index (κ2) is 4.74. The maximum absolute atomic E-state index is 11.7. The summed E-state index contributed by atoms with van der Waals surface area (Å²) in [5, 5.41) is 12.7. The third-order valence-electron chi connectivity index (χ3n) is 3.87. The van der Waals surface area contributed by atoms with Gasteiger partial charge in [-0.1, -0.05) is 27.7 Å². The smallest absolute Gasteiger partial charge is 0.220 e. The molecule has 1 atom stereocenters. The highest BCUT2D eigenvalue weighted by Crippen LogP contribution is 2.31. The monoisotopic (exact) mass is 227 g/mol. The highest BCUT2D eigenvalue weighted by atomic mass is 16.3. The highest BCUT2D eigenvalue weighted by Gasteiger charge is 2.34. The van der Waals surface area contributed by atoms with E-state index >= 15 is 0 Å². The summed E-state index contributed by atoms with van der Waals surface area (Å²) in [4.78, 5) is 11.7. The first-order chi connectivity index (χ1) is 7.23. The standard InChI is InChI=1S/C13H25NO2/c1-10(12(2,3)4)8-11(15)14-9-13(16)6-5-7-13/h10,16H,5-9H2,1-4H3,(H,14,15). The summed E-state index contributed by atoms with van der Waals surface area (Å²) in [5.41, 5.74) is -0.453. The molecule has 0 radical (unpaired) electrons. The molecule has 2 N–H and O–H groups in total. The number of carbonyl (C=O) groups is 1. The first kappa shape index (κ1) is 13.5. The van der Waals surface area contributed by atoms with E-state index in [1.54, 1.807) is 0 Å². The number of hydrogen-bond donors (Lipinski definition) is 2. The van der Waals surface area contributed by atoms with E-state index in [0.717, 1.165) is 19.3 Å². The van der Waals surface area contributed by atoms with Gasteiger partial charge in [0.15, 0.2) is 0 Å². The number of amides is 1. The number of nitrogens with one attached hydrogen (secondary N) is 1. The number of aliphatic hydroxyl groups is 1. The van der Waals surface area contributed by atoms with E-state index in [9.17, 15) is 9.90 Å². The summed E-state index contributed by atoms with van der Waals surface area (Å²) >= 11 is 0. The first-order valence-corrected chi connectivity index (χ1v) is 6.22. The molecule has 1 unspecified atom stereocenters. The molecule has 94 valence electrons. The predicted molar refractivity (Wildman–Crippen MR) is 65.0 cm³/mol. The van der Waals surface area contributed by atoms with Crippen LogP contribution in [0.25, 0.3) is 0 Å². The lowest BCUT2D eigenvalue weighted by Gasteiger charge is -2.36. The van der Waals surface area contributed by atoms with E-state index in [-0.39, 0.29) is 11.3 Å². The average Bonchev–Trinajstić information content (AvgIpc) is 2.10. The molecule has 0 saturated heterocycles. The van der Waals surface area contributed by atoms with Crippen molar-refractivity contribution in [2.75, 3.05) is 6.54 Å². The van der Waals surface area contributed by atoms with Crippen LogP contribution in [0.5, 0.6) is 0 Å². The van der Waals surface area contributed by atoms with E-state index in [1.807, 2.05) is 0 Å². The topological polar surface area (TPSA) is 49.3 Å². The van der Waals surface area contributed by atoms with Crippen LogP contribution in [0.15, 0.2) is 0 Å². The molecule has 3 nitrogen and oxygen atoms in total. The van der Waals surface area contributed by atoms with Crippen LogP contribution in [-0.4, -0.2) is 23.2 Å². The third kappa shape index (κ3) is 3.78. The van der Waals surface area contributed by atoms with Crippen LogP contribution in [-0.2, 0) is 4.79 Å². The van der Waals surface area contributed by atoms with Gasteiger partial charge in [0.05, 0.1) is 5.60 Å². The van der Waals surface area contributed by atoms with Crippen molar-refractivity contribution in [1.29, 1.82) is 0 Å². The molecule has 1 amide bonds. The van der Waals surface area contributed by atoms with Gasteiger partial charge in [0.2, 0.25) is 5.91 Å². The minimum absolute atomic E-state index is 0.0581. The molecule has 3 heteroatoms. The zero-order chi connectivity index (χ0) is 12.4. The van der Waals surface area contributed by atoms with Gasteiger partial charge in [0, 0.05) is 13.0 Å². The van der Waals surface area contributed by atoms with Crippen molar-refractivity contribution < 1.29 is 9.90 Å². The van der Waals surface area contributed by atoms with Gasteiger partial charge in [-0.05, 0) is 30.6 Å². The van der Waals surface area contributed by atoms with E-state index in [1.165, 1.54) is 0 Å². The van der Waals surface area contributed by atoms with Crippen LogP contribution >= 0.6 is 0 Å². The molecule has 16 heavy (non-hydrogen) atoms. The Hall–Kier alpha value is -0.570. The van der Waals surface area contributed by atoms with Crippen LogP contribution in [0.1, 0.15) is 53.4 Å². The molecule has 0 aromatic carbocycles. The minimum Gasteiger partial charge on any atom is -0.388 e. The van der Waals surface area contributed by atoms with Crippen molar-refractivity contribution in [3.63, 3.8) is 0 Å². The van der Waals surface area contributed by atoms with Crippen LogP contribution in [0.3, 0.4) is 0 Å². The van der Waals surface area contributed by atoms with Crippen molar-refractivity contribution >= 4 is 5.91 Å². The van der Waals surface area contributed by atoms with Crippen LogP contribution in [0.4, 0.5) is 0 Å². The Balaban J connectivity index is 2.25. The van der Waals surface area contributed by atoms with Crippen LogP contribution in [0, 0.1) is 11.3 Å². The highest BCUT2D eigenvalue weighted by molar-refractivity contribution is 5.76. The summed E-state index contributed by atoms with van der Waals surface area (Å²) < 4.78 is 0. The van der Waals surface area contributed by atoms with E-state index < -0.39 is 5.60 Å². The summed E-state index contributed by atoms with van der Waals surface area (Å²) in [6.45, 7) is 8.94. The maximum atomic E-state index is 11.7. The summed E-state index contributed by atoms with van der Waals surface area (Å²) in [6.07, 6.45) is 3.26. The van der Waals surface area contributed by atoms with Gasteiger partial charge in [-0.3, -0.25) is 4.79 Å². The Labute approximate surface area is 98.6 Å². The Morgan fingerprint density at radius 1 is 1.44 bits per heavy atom. The Kier molecular flexibility index (Phi) is 4.00. The third-order valence-corrected chi connectivity index (χ3v) is 3.87. The summed E-state index contributed by atoms with van der Waals surface area (Å²) in [6, 6.07) is 0. The fourth-order valence-electron chi connectivity index (χ4n) is 1.68. The predicted octanol–water partition coefficient (Wildman–Crippen LogP) is 2.09. The fourth-order valence-corrected chi connectivity index (χ4v) is 1.68. The Morgan fingerprint density at radius 2 is 2.00 bits per heavy atom. The molecule has 0 aromatic heterocycles. The molecule has 1 rings (SSSR count). The van der Waals surface area contributed by atoms with Crippen molar-refractivity contribution in [2.45, 2.75) is 59.0 Å². The SMILES string of the molecule is CC(CC(=O)NCC1(O)CCC1)C(C)(C)C. The molecule has 0 heterocycles. The van der Waals surface area contributed by atoms with E-state index in [0.29, 0.717) is 18.9 Å².